The lowest BCUT2D eigenvalue weighted by molar-refractivity contribution is 0.0904. The van der Waals surface area contributed by atoms with Gasteiger partial charge in [0.15, 0.2) is 5.76 Å². The third kappa shape index (κ3) is 2.36. The summed E-state index contributed by atoms with van der Waals surface area (Å²) in [6.45, 7) is 3.81. The van der Waals surface area contributed by atoms with Gasteiger partial charge in [0.05, 0.1) is 0 Å². The van der Waals surface area contributed by atoms with Gasteiger partial charge in [-0.1, -0.05) is 18.2 Å². The van der Waals surface area contributed by atoms with Crippen molar-refractivity contribution in [2.75, 3.05) is 13.1 Å². The van der Waals surface area contributed by atoms with Crippen LogP contribution in [-0.4, -0.2) is 25.0 Å². The number of hydrogen-bond donors (Lipinski definition) is 2. The van der Waals surface area contributed by atoms with Crippen molar-refractivity contribution >= 4 is 16.9 Å². The van der Waals surface area contributed by atoms with Gasteiger partial charge in [0, 0.05) is 23.5 Å². The molecule has 3 rings (SSSR count). The number of rotatable bonds is 2. The van der Waals surface area contributed by atoms with Gasteiger partial charge in [-0.15, -0.1) is 0 Å². The number of aryl methyl sites for hydroxylation is 1. The normalized spacial score (nSPS) is 19.5. The van der Waals surface area contributed by atoms with Gasteiger partial charge >= 0.3 is 0 Å². The molecule has 19 heavy (non-hydrogen) atoms. The molecule has 4 nitrogen and oxygen atoms in total. The Bertz CT molecular complexity index is 597. The summed E-state index contributed by atoms with van der Waals surface area (Å²) in [4.78, 5) is 12.3. The number of para-hydroxylation sites is 1. The van der Waals surface area contributed by atoms with Gasteiger partial charge in [-0.3, -0.25) is 4.79 Å². The fraction of sp³-hybridized carbons (Fsp3) is 0.400. The number of fused-ring (bicyclic) bond motifs is 1. The van der Waals surface area contributed by atoms with E-state index in [4.69, 9.17) is 4.42 Å². The Morgan fingerprint density at radius 2 is 2.26 bits per heavy atom. The van der Waals surface area contributed by atoms with Crippen molar-refractivity contribution in [2.24, 2.45) is 0 Å². The van der Waals surface area contributed by atoms with Crippen LogP contribution in [-0.2, 0) is 0 Å². The molecule has 0 bridgehead atoms. The van der Waals surface area contributed by atoms with Gasteiger partial charge in [0.2, 0.25) is 0 Å². The zero-order valence-electron chi connectivity index (χ0n) is 11.0. The van der Waals surface area contributed by atoms with E-state index in [1.807, 2.05) is 31.2 Å². The van der Waals surface area contributed by atoms with Crippen LogP contribution in [0.3, 0.4) is 0 Å². The van der Waals surface area contributed by atoms with Crippen molar-refractivity contribution in [3.63, 3.8) is 0 Å². The Kier molecular flexibility index (Phi) is 3.25. The highest BCUT2D eigenvalue weighted by Gasteiger charge is 2.21. The number of furan rings is 1. The molecule has 0 aliphatic carbocycles. The van der Waals surface area contributed by atoms with E-state index < -0.39 is 0 Å². The maximum absolute atomic E-state index is 12.3. The number of hydrogen-bond acceptors (Lipinski definition) is 3. The molecule has 1 unspecified atom stereocenters. The number of carbonyl (C=O) groups is 1. The molecular weight excluding hydrogens is 240 g/mol. The van der Waals surface area contributed by atoms with Crippen molar-refractivity contribution in [2.45, 2.75) is 25.8 Å². The van der Waals surface area contributed by atoms with E-state index in [-0.39, 0.29) is 11.9 Å². The highest BCUT2D eigenvalue weighted by Crippen LogP contribution is 2.24. The van der Waals surface area contributed by atoms with Gasteiger partial charge in [-0.25, -0.2) is 0 Å². The van der Waals surface area contributed by atoms with Crippen LogP contribution < -0.4 is 10.6 Å². The average molecular weight is 258 g/mol. The Hall–Kier alpha value is -1.81. The Labute approximate surface area is 112 Å². The Morgan fingerprint density at radius 1 is 1.42 bits per heavy atom. The van der Waals surface area contributed by atoms with E-state index in [0.29, 0.717) is 5.76 Å². The monoisotopic (exact) mass is 258 g/mol. The summed E-state index contributed by atoms with van der Waals surface area (Å²) >= 11 is 0. The summed E-state index contributed by atoms with van der Waals surface area (Å²) in [5.74, 6) is 0.328. The maximum Gasteiger partial charge on any atom is 0.287 e. The van der Waals surface area contributed by atoms with Crippen molar-refractivity contribution < 1.29 is 9.21 Å². The van der Waals surface area contributed by atoms with Crippen LogP contribution in [0.4, 0.5) is 0 Å². The van der Waals surface area contributed by atoms with E-state index in [0.717, 1.165) is 42.5 Å². The SMILES string of the molecule is Cc1c(C(=O)NC2CCCNC2)oc2ccccc12. The predicted molar refractivity (Wildman–Crippen MR) is 74.3 cm³/mol. The Morgan fingerprint density at radius 3 is 3.00 bits per heavy atom. The molecule has 4 heteroatoms. The third-order valence-corrected chi connectivity index (χ3v) is 3.68. The molecule has 1 saturated heterocycles. The minimum absolute atomic E-state index is 0.109. The summed E-state index contributed by atoms with van der Waals surface area (Å²) < 4.78 is 5.67. The summed E-state index contributed by atoms with van der Waals surface area (Å²) in [6, 6.07) is 7.94. The van der Waals surface area contributed by atoms with Gasteiger partial charge in [-0.05, 0) is 32.4 Å². The predicted octanol–water partition coefficient (Wildman–Crippen LogP) is 2.22. The van der Waals surface area contributed by atoms with Crippen LogP contribution in [0.15, 0.2) is 28.7 Å². The van der Waals surface area contributed by atoms with E-state index in [1.165, 1.54) is 0 Å². The zero-order valence-corrected chi connectivity index (χ0v) is 11.0. The maximum atomic E-state index is 12.3. The molecule has 2 aromatic rings. The standard InChI is InChI=1S/C15H18N2O2/c1-10-12-6-2-3-7-13(12)19-14(10)15(18)17-11-5-4-8-16-9-11/h2-3,6-7,11,16H,4-5,8-9H2,1H3,(H,17,18). The van der Waals surface area contributed by atoms with Crippen LogP contribution in [0.1, 0.15) is 29.0 Å². The summed E-state index contributed by atoms with van der Waals surface area (Å²) in [5.41, 5.74) is 1.68. The summed E-state index contributed by atoms with van der Waals surface area (Å²) in [5, 5.41) is 7.34. The highest BCUT2D eigenvalue weighted by atomic mass is 16.3. The lowest BCUT2D eigenvalue weighted by Gasteiger charge is -2.23. The van der Waals surface area contributed by atoms with Crippen LogP contribution in [0.2, 0.25) is 0 Å². The molecule has 100 valence electrons. The average Bonchev–Trinajstić information content (AvgIpc) is 2.78. The quantitative estimate of drug-likeness (QED) is 0.868. The molecule has 1 aromatic heterocycles. The van der Waals surface area contributed by atoms with Crippen molar-refractivity contribution in [3.05, 3.63) is 35.6 Å². The van der Waals surface area contributed by atoms with E-state index in [2.05, 4.69) is 10.6 Å². The lowest BCUT2D eigenvalue weighted by atomic mass is 10.1. The van der Waals surface area contributed by atoms with Gasteiger partial charge in [0.1, 0.15) is 5.58 Å². The molecule has 1 fully saturated rings. The van der Waals surface area contributed by atoms with Crippen molar-refractivity contribution in [3.8, 4) is 0 Å². The molecule has 0 spiro atoms. The van der Waals surface area contributed by atoms with Crippen molar-refractivity contribution in [1.29, 1.82) is 0 Å². The van der Waals surface area contributed by atoms with Crippen LogP contribution in [0.5, 0.6) is 0 Å². The molecule has 1 aliphatic rings. The molecule has 1 amide bonds. The van der Waals surface area contributed by atoms with Gasteiger partial charge in [0.25, 0.3) is 5.91 Å². The first kappa shape index (κ1) is 12.2. The molecule has 0 radical (unpaired) electrons. The van der Waals surface area contributed by atoms with E-state index in [9.17, 15) is 4.79 Å². The molecule has 0 saturated carbocycles. The third-order valence-electron chi connectivity index (χ3n) is 3.68. The second-order valence-electron chi connectivity index (χ2n) is 5.07. The molecule has 2 N–H and O–H groups in total. The molecular formula is C15H18N2O2. The van der Waals surface area contributed by atoms with E-state index >= 15 is 0 Å². The second kappa shape index (κ2) is 5.05. The second-order valence-corrected chi connectivity index (χ2v) is 5.07. The first-order valence-corrected chi connectivity index (χ1v) is 6.75. The summed E-state index contributed by atoms with van der Waals surface area (Å²) in [6.07, 6.45) is 2.13. The number of piperidine rings is 1. The molecule has 2 heterocycles. The highest BCUT2D eigenvalue weighted by molar-refractivity contribution is 5.99. The minimum atomic E-state index is -0.109. The van der Waals surface area contributed by atoms with Crippen LogP contribution >= 0.6 is 0 Å². The number of nitrogens with one attached hydrogen (secondary N) is 2. The fourth-order valence-corrected chi connectivity index (χ4v) is 2.62. The topological polar surface area (TPSA) is 54.3 Å². The van der Waals surface area contributed by atoms with Gasteiger partial charge < -0.3 is 15.1 Å². The van der Waals surface area contributed by atoms with Crippen LogP contribution in [0.25, 0.3) is 11.0 Å². The molecule has 1 atom stereocenters. The molecule has 1 aromatic carbocycles. The first-order valence-electron chi connectivity index (χ1n) is 6.75. The van der Waals surface area contributed by atoms with Gasteiger partial charge in [-0.2, -0.15) is 0 Å². The van der Waals surface area contributed by atoms with Crippen LogP contribution in [0, 0.1) is 6.92 Å². The van der Waals surface area contributed by atoms with Crippen molar-refractivity contribution in [1.82, 2.24) is 10.6 Å². The largest absolute Gasteiger partial charge is 0.451 e. The number of amides is 1. The first-order chi connectivity index (χ1) is 9.25. The van der Waals surface area contributed by atoms with E-state index in [1.54, 1.807) is 0 Å². The smallest absolute Gasteiger partial charge is 0.287 e. The number of carbonyl (C=O) groups excluding carboxylic acids is 1. The fourth-order valence-electron chi connectivity index (χ4n) is 2.62. The lowest BCUT2D eigenvalue weighted by Crippen LogP contribution is -2.45. The minimum Gasteiger partial charge on any atom is -0.451 e. The zero-order chi connectivity index (χ0) is 13.2. The molecule has 1 aliphatic heterocycles. The summed E-state index contributed by atoms with van der Waals surface area (Å²) in [7, 11) is 0. The Balaban J connectivity index is 1.83. The number of benzene rings is 1.